The number of hydrogen-bond donors (Lipinski definition) is 1. The quantitative estimate of drug-likeness (QED) is 0.436. The van der Waals surface area contributed by atoms with Crippen LogP contribution in [-0.2, 0) is 6.54 Å². The first kappa shape index (κ1) is 22.5. The van der Waals surface area contributed by atoms with Crippen LogP contribution in [0.1, 0.15) is 31.4 Å². The molecule has 3 rings (SSSR count). The summed E-state index contributed by atoms with van der Waals surface area (Å²) >= 11 is 6.44. The molecule has 0 radical (unpaired) electrons. The van der Waals surface area contributed by atoms with Crippen LogP contribution in [0.4, 0.5) is 10.1 Å². The summed E-state index contributed by atoms with van der Waals surface area (Å²) < 4.78 is 16.9. The molecule has 2 aromatic heterocycles. The van der Waals surface area contributed by atoms with Gasteiger partial charge in [-0.1, -0.05) is 50.6 Å². The van der Waals surface area contributed by atoms with E-state index in [0.717, 1.165) is 17.0 Å². The van der Waals surface area contributed by atoms with Gasteiger partial charge in [-0.3, -0.25) is 4.98 Å². The van der Waals surface area contributed by atoms with Crippen LogP contribution in [0.15, 0.2) is 66.1 Å². The maximum atomic E-state index is 15.0. The van der Waals surface area contributed by atoms with Crippen LogP contribution >= 0.6 is 11.6 Å². The van der Waals surface area contributed by atoms with E-state index in [-0.39, 0.29) is 12.4 Å². The molecule has 4 nitrogen and oxygen atoms in total. The van der Waals surface area contributed by atoms with Crippen molar-refractivity contribution in [2.75, 3.05) is 0 Å². The second-order valence-corrected chi connectivity index (χ2v) is 7.82. The van der Waals surface area contributed by atoms with Gasteiger partial charge in [0.2, 0.25) is 0 Å². The van der Waals surface area contributed by atoms with Crippen molar-refractivity contribution in [2.24, 2.45) is 16.6 Å². The molecule has 0 saturated carbocycles. The van der Waals surface area contributed by atoms with Crippen LogP contribution in [0.3, 0.4) is 0 Å². The fraction of sp³-hybridized carbons (Fsp3) is 0.200. The first-order chi connectivity index (χ1) is 14.9. The minimum Gasteiger partial charge on any atom is -0.383 e. The average Bonchev–Trinajstić information content (AvgIpc) is 3.10. The summed E-state index contributed by atoms with van der Waals surface area (Å²) in [6, 6.07) is 8.34. The number of amidine groups is 1. The van der Waals surface area contributed by atoms with Gasteiger partial charge in [0.05, 0.1) is 12.2 Å². The Balaban J connectivity index is 1.91. The summed E-state index contributed by atoms with van der Waals surface area (Å²) in [4.78, 5) is 8.24. The van der Waals surface area contributed by atoms with E-state index in [1.807, 2.05) is 29.0 Å². The summed E-state index contributed by atoms with van der Waals surface area (Å²) in [7, 11) is 0. The topological polar surface area (TPSA) is 56.2 Å². The van der Waals surface area contributed by atoms with Crippen molar-refractivity contribution in [3.63, 3.8) is 0 Å². The van der Waals surface area contributed by atoms with Gasteiger partial charge >= 0.3 is 0 Å². The van der Waals surface area contributed by atoms with Crippen LogP contribution in [-0.4, -0.2) is 15.4 Å². The number of nitrogens with zero attached hydrogens (tertiary/aromatic N) is 3. The Bertz CT molecular complexity index is 1190. The molecule has 1 unspecified atom stereocenters. The number of halogens is 2. The number of pyridine rings is 1. The van der Waals surface area contributed by atoms with Gasteiger partial charge in [-0.05, 0) is 47.5 Å². The average molecular weight is 437 g/mol. The lowest BCUT2D eigenvalue weighted by Crippen LogP contribution is -2.28. The van der Waals surface area contributed by atoms with Crippen LogP contribution < -0.4 is 16.3 Å². The molecule has 0 saturated heterocycles. The zero-order chi connectivity index (χ0) is 22.4. The highest BCUT2D eigenvalue weighted by Gasteiger charge is 2.13. The highest BCUT2D eigenvalue weighted by atomic mass is 35.5. The van der Waals surface area contributed by atoms with E-state index in [1.165, 1.54) is 6.07 Å². The van der Waals surface area contributed by atoms with Crippen molar-refractivity contribution in [3.8, 4) is 0 Å². The molecule has 1 aromatic carbocycles. The summed E-state index contributed by atoms with van der Waals surface area (Å²) in [5.41, 5.74) is 7.51. The van der Waals surface area contributed by atoms with Gasteiger partial charge < -0.3 is 10.3 Å². The number of rotatable bonds is 7. The molecule has 31 heavy (non-hydrogen) atoms. The van der Waals surface area contributed by atoms with Gasteiger partial charge in [-0.2, -0.15) is 0 Å². The Morgan fingerprint density at radius 3 is 2.74 bits per heavy atom. The molecule has 0 fully saturated rings. The number of hydrogen-bond acceptors (Lipinski definition) is 2. The molecule has 1 atom stereocenters. The fourth-order valence-corrected chi connectivity index (χ4v) is 3.31. The standard InChI is InChI=1S/C25H26ClFN4/c1-4-17(2)6-5-7-24-18(3)10-13-31(24)16-21-22(26)14-19(15-23(21)27)25(28)30-20-8-11-29-12-9-20/h5-15,17H,3-4,16H2,1-2H3,(H2,28,29,30)/b6-5-,24-7+. The van der Waals surface area contributed by atoms with E-state index >= 15 is 0 Å². The van der Waals surface area contributed by atoms with Gasteiger partial charge in [0.25, 0.3) is 0 Å². The third-order valence-electron chi connectivity index (χ3n) is 5.11. The van der Waals surface area contributed by atoms with Gasteiger partial charge in [-0.25, -0.2) is 9.38 Å². The van der Waals surface area contributed by atoms with E-state index in [9.17, 15) is 4.39 Å². The predicted octanol–water partition coefficient (Wildman–Crippen LogP) is 4.55. The van der Waals surface area contributed by atoms with Gasteiger partial charge in [0.15, 0.2) is 0 Å². The summed E-state index contributed by atoms with van der Waals surface area (Å²) in [6.07, 6.45) is 12.3. The van der Waals surface area contributed by atoms with Crippen LogP contribution in [0.25, 0.3) is 12.7 Å². The molecule has 0 aliphatic heterocycles. The van der Waals surface area contributed by atoms with Crippen LogP contribution in [0.5, 0.6) is 0 Å². The SMILES string of the molecule is C=c1ccn(Cc2c(F)cc(C(N)=Nc3ccncc3)cc2Cl)/c1=C/C=C\C(C)CC. The Morgan fingerprint density at radius 2 is 2.06 bits per heavy atom. The van der Waals surface area contributed by atoms with E-state index < -0.39 is 5.82 Å². The van der Waals surface area contributed by atoms with Crippen molar-refractivity contribution in [2.45, 2.75) is 26.8 Å². The molecule has 6 heteroatoms. The lowest BCUT2D eigenvalue weighted by Gasteiger charge is -2.11. The summed E-state index contributed by atoms with van der Waals surface area (Å²) in [5, 5.41) is 2.08. The lowest BCUT2D eigenvalue weighted by molar-refractivity contribution is 0.597. The first-order valence-electron chi connectivity index (χ1n) is 10.1. The van der Waals surface area contributed by atoms with Gasteiger partial charge in [0, 0.05) is 40.1 Å². The molecule has 2 N–H and O–H groups in total. The van der Waals surface area contributed by atoms with E-state index in [0.29, 0.717) is 27.8 Å². The van der Waals surface area contributed by atoms with Crippen LogP contribution in [0.2, 0.25) is 5.02 Å². The Morgan fingerprint density at radius 1 is 1.32 bits per heavy atom. The molecule has 3 aromatic rings. The monoisotopic (exact) mass is 436 g/mol. The third-order valence-corrected chi connectivity index (χ3v) is 5.45. The lowest BCUT2D eigenvalue weighted by atomic mass is 10.1. The Hall–Kier alpha value is -3.18. The van der Waals surface area contributed by atoms with Crippen molar-refractivity contribution >= 4 is 35.8 Å². The van der Waals surface area contributed by atoms with Crippen molar-refractivity contribution < 1.29 is 4.39 Å². The molecular weight excluding hydrogens is 411 g/mol. The fourth-order valence-electron chi connectivity index (χ4n) is 3.04. The maximum Gasteiger partial charge on any atom is 0.131 e. The Kier molecular flexibility index (Phi) is 7.42. The zero-order valence-electron chi connectivity index (χ0n) is 17.7. The summed E-state index contributed by atoms with van der Waals surface area (Å²) in [5.74, 6) is 0.242. The number of nitrogens with two attached hydrogens (primary N) is 1. The van der Waals surface area contributed by atoms with Crippen molar-refractivity contribution in [1.82, 2.24) is 9.55 Å². The smallest absolute Gasteiger partial charge is 0.131 e. The number of aliphatic imine (C=N–C) groups is 1. The van der Waals surface area contributed by atoms with Gasteiger partial charge in [0.1, 0.15) is 11.7 Å². The third kappa shape index (κ3) is 5.70. The minimum atomic E-state index is -0.434. The molecule has 0 aliphatic rings. The highest BCUT2D eigenvalue weighted by molar-refractivity contribution is 6.31. The summed E-state index contributed by atoms with van der Waals surface area (Å²) in [6.45, 7) is 8.66. The normalized spacial score (nSPS) is 13.8. The maximum absolute atomic E-state index is 15.0. The second kappa shape index (κ2) is 10.2. The largest absolute Gasteiger partial charge is 0.383 e. The molecule has 160 valence electrons. The molecule has 2 heterocycles. The highest BCUT2D eigenvalue weighted by Crippen LogP contribution is 2.23. The molecule has 0 amide bonds. The molecule has 0 spiro atoms. The van der Waals surface area contributed by atoms with E-state index in [4.69, 9.17) is 17.3 Å². The van der Waals surface area contributed by atoms with Crippen LogP contribution in [0, 0.1) is 11.7 Å². The second-order valence-electron chi connectivity index (χ2n) is 7.41. The van der Waals surface area contributed by atoms with E-state index in [2.05, 4.69) is 36.5 Å². The molecule has 0 bridgehead atoms. The van der Waals surface area contributed by atoms with Gasteiger partial charge in [-0.15, -0.1) is 0 Å². The number of allylic oxidation sites excluding steroid dienone is 2. The zero-order valence-corrected chi connectivity index (χ0v) is 18.5. The molecular formula is C25H26ClFN4. The molecule has 0 aliphatic carbocycles. The van der Waals surface area contributed by atoms with Crippen molar-refractivity contribution in [3.05, 3.63) is 93.6 Å². The van der Waals surface area contributed by atoms with Crippen molar-refractivity contribution in [1.29, 1.82) is 0 Å². The van der Waals surface area contributed by atoms with E-state index in [1.54, 1.807) is 30.6 Å². The number of aromatic nitrogens is 2. The predicted molar refractivity (Wildman–Crippen MR) is 127 cm³/mol. The number of benzene rings is 1. The minimum absolute atomic E-state index is 0.184. The first-order valence-corrected chi connectivity index (χ1v) is 10.5. The Labute approximate surface area is 186 Å².